The second kappa shape index (κ2) is 9.64. The smallest absolute Gasteiger partial charge is 0.341 e. The number of hydrogen-bond donors (Lipinski definition) is 1. The lowest BCUT2D eigenvalue weighted by Gasteiger charge is -2.15. The Kier molecular flexibility index (Phi) is 6.96. The van der Waals surface area contributed by atoms with E-state index in [-0.39, 0.29) is 5.91 Å². The van der Waals surface area contributed by atoms with Crippen molar-refractivity contribution in [2.45, 2.75) is 6.92 Å². The van der Waals surface area contributed by atoms with E-state index in [1.54, 1.807) is 48.5 Å². The number of rotatable bonds is 8. The zero-order valence-electron chi connectivity index (χ0n) is 16.3. The zero-order valence-corrected chi connectivity index (χ0v) is 17.9. The topological polar surface area (TPSA) is 85.3 Å². The van der Waals surface area contributed by atoms with Gasteiger partial charge in [-0.1, -0.05) is 30.0 Å². The van der Waals surface area contributed by atoms with Crippen molar-refractivity contribution in [3.8, 4) is 17.2 Å². The van der Waals surface area contributed by atoms with Crippen LogP contribution in [0.1, 0.15) is 12.5 Å². The Morgan fingerprint density at radius 1 is 1.17 bits per heavy atom. The molecule has 2 aromatic carbocycles. The molecule has 1 aliphatic heterocycles. The second-order valence-electron chi connectivity index (χ2n) is 6.04. The fraction of sp³-hybridized carbons (Fsp3) is 0.190. The number of methoxy groups -OCH3 is 1. The normalized spacial score (nSPS) is 14.9. The maximum Gasteiger partial charge on any atom is 0.341 e. The zero-order chi connectivity index (χ0) is 21.7. The van der Waals surface area contributed by atoms with Crippen LogP contribution in [-0.2, 0) is 9.59 Å². The first-order valence-corrected chi connectivity index (χ1v) is 10.2. The van der Waals surface area contributed by atoms with Crippen LogP contribution >= 0.6 is 24.0 Å². The van der Waals surface area contributed by atoms with E-state index in [0.717, 1.165) is 5.75 Å². The lowest BCUT2D eigenvalue weighted by Crippen LogP contribution is -2.27. The highest BCUT2D eigenvalue weighted by molar-refractivity contribution is 8.27. The lowest BCUT2D eigenvalue weighted by molar-refractivity contribution is -0.139. The quantitative estimate of drug-likeness (QED) is 0.483. The van der Waals surface area contributed by atoms with Crippen molar-refractivity contribution in [3.05, 3.63) is 52.9 Å². The van der Waals surface area contributed by atoms with Crippen molar-refractivity contribution in [3.63, 3.8) is 0 Å². The molecule has 1 heterocycles. The van der Waals surface area contributed by atoms with Crippen LogP contribution in [0.4, 0.5) is 5.69 Å². The summed E-state index contributed by atoms with van der Waals surface area (Å²) in [4.78, 5) is 25.6. The van der Waals surface area contributed by atoms with Crippen molar-refractivity contribution in [2.75, 3.05) is 25.2 Å². The second-order valence-corrected chi connectivity index (χ2v) is 7.71. The molecule has 2 aromatic rings. The van der Waals surface area contributed by atoms with Crippen LogP contribution < -0.4 is 19.1 Å². The van der Waals surface area contributed by atoms with Crippen LogP contribution in [0.25, 0.3) is 6.08 Å². The third-order valence-electron chi connectivity index (χ3n) is 4.04. The number of thioether (sulfide) groups is 1. The van der Waals surface area contributed by atoms with Gasteiger partial charge in [-0.15, -0.1) is 0 Å². The molecule has 9 heteroatoms. The Morgan fingerprint density at radius 2 is 1.90 bits per heavy atom. The van der Waals surface area contributed by atoms with E-state index in [1.807, 2.05) is 6.92 Å². The van der Waals surface area contributed by atoms with Gasteiger partial charge in [-0.25, -0.2) is 4.79 Å². The number of ether oxygens (including phenoxy) is 3. The van der Waals surface area contributed by atoms with E-state index in [0.29, 0.717) is 38.6 Å². The number of thiocarbonyl (C=S) groups is 1. The summed E-state index contributed by atoms with van der Waals surface area (Å²) in [6.07, 6.45) is 1.71. The van der Waals surface area contributed by atoms with E-state index < -0.39 is 12.6 Å². The molecule has 0 atom stereocenters. The van der Waals surface area contributed by atoms with E-state index in [1.165, 1.54) is 23.8 Å². The van der Waals surface area contributed by atoms with Gasteiger partial charge in [-0.2, -0.15) is 0 Å². The first-order valence-electron chi connectivity index (χ1n) is 8.96. The Labute approximate surface area is 183 Å². The molecule has 0 bridgehead atoms. The molecule has 0 unspecified atom stereocenters. The number of benzene rings is 2. The van der Waals surface area contributed by atoms with E-state index >= 15 is 0 Å². The fourth-order valence-corrected chi connectivity index (χ4v) is 4.03. The average molecular weight is 446 g/mol. The third kappa shape index (κ3) is 4.92. The number of carbonyl (C=O) groups is 2. The number of aliphatic carboxylic acids is 1. The Hall–Kier alpha value is -3.04. The molecule has 0 aliphatic carbocycles. The molecule has 156 valence electrons. The van der Waals surface area contributed by atoms with Crippen LogP contribution in [0.2, 0.25) is 0 Å². The van der Waals surface area contributed by atoms with Crippen LogP contribution in [0.5, 0.6) is 17.2 Å². The highest BCUT2D eigenvalue weighted by Crippen LogP contribution is 2.37. The molecule has 0 aromatic heterocycles. The SMILES string of the molecule is CCOc1ccc(N2C(=O)/C(=C/c3ccc(OCC(=O)O)c(OC)c3)SC2=S)cc1. The van der Waals surface area contributed by atoms with Gasteiger partial charge in [0.25, 0.3) is 5.91 Å². The minimum atomic E-state index is -1.08. The summed E-state index contributed by atoms with van der Waals surface area (Å²) in [5.74, 6) is 0.0870. The van der Waals surface area contributed by atoms with Crippen molar-refractivity contribution in [1.29, 1.82) is 0 Å². The van der Waals surface area contributed by atoms with Crippen molar-refractivity contribution in [2.24, 2.45) is 0 Å². The number of anilines is 1. The summed E-state index contributed by atoms with van der Waals surface area (Å²) >= 11 is 6.61. The van der Waals surface area contributed by atoms with Gasteiger partial charge in [0.2, 0.25) is 0 Å². The van der Waals surface area contributed by atoms with Gasteiger partial charge in [-0.3, -0.25) is 9.69 Å². The highest BCUT2D eigenvalue weighted by atomic mass is 32.2. The van der Waals surface area contributed by atoms with Crippen molar-refractivity contribution < 1.29 is 28.9 Å². The molecule has 0 radical (unpaired) electrons. The Balaban J connectivity index is 1.81. The Morgan fingerprint density at radius 3 is 2.53 bits per heavy atom. The molecule has 1 aliphatic rings. The van der Waals surface area contributed by atoms with Gasteiger partial charge in [0.15, 0.2) is 22.4 Å². The Bertz CT molecular complexity index is 1000. The molecule has 1 N–H and O–H groups in total. The molecule has 7 nitrogen and oxygen atoms in total. The highest BCUT2D eigenvalue weighted by Gasteiger charge is 2.33. The predicted molar refractivity (Wildman–Crippen MR) is 119 cm³/mol. The van der Waals surface area contributed by atoms with Crippen LogP contribution in [0.3, 0.4) is 0 Å². The largest absolute Gasteiger partial charge is 0.494 e. The minimum Gasteiger partial charge on any atom is -0.494 e. The van der Waals surface area contributed by atoms with Gasteiger partial charge in [0, 0.05) is 0 Å². The van der Waals surface area contributed by atoms with Gasteiger partial charge in [0.1, 0.15) is 5.75 Å². The minimum absolute atomic E-state index is 0.223. The summed E-state index contributed by atoms with van der Waals surface area (Å²) in [6.45, 7) is 1.99. The predicted octanol–water partition coefficient (Wildman–Crippen LogP) is 3.96. The first kappa shape index (κ1) is 21.7. The summed E-state index contributed by atoms with van der Waals surface area (Å²) in [5, 5.41) is 8.76. The fourth-order valence-electron chi connectivity index (χ4n) is 2.73. The summed E-state index contributed by atoms with van der Waals surface area (Å²) in [7, 11) is 1.46. The number of nitrogens with zero attached hydrogens (tertiary/aromatic N) is 1. The van der Waals surface area contributed by atoms with E-state index in [9.17, 15) is 9.59 Å². The summed E-state index contributed by atoms with van der Waals surface area (Å²) in [5.41, 5.74) is 1.36. The van der Waals surface area contributed by atoms with Crippen LogP contribution in [-0.4, -0.2) is 41.6 Å². The maximum absolute atomic E-state index is 12.9. The van der Waals surface area contributed by atoms with Crippen molar-refractivity contribution >= 4 is 51.9 Å². The average Bonchev–Trinajstić information content (AvgIpc) is 3.00. The molecular weight excluding hydrogens is 426 g/mol. The van der Waals surface area contributed by atoms with E-state index in [4.69, 9.17) is 31.5 Å². The monoisotopic (exact) mass is 445 g/mol. The third-order valence-corrected chi connectivity index (χ3v) is 5.34. The molecule has 3 rings (SSSR count). The first-order chi connectivity index (χ1) is 14.4. The number of carbonyl (C=O) groups excluding carboxylic acids is 1. The van der Waals surface area contributed by atoms with Gasteiger partial charge in [0.05, 0.1) is 24.3 Å². The lowest BCUT2D eigenvalue weighted by atomic mass is 10.2. The van der Waals surface area contributed by atoms with Crippen molar-refractivity contribution in [1.82, 2.24) is 0 Å². The maximum atomic E-state index is 12.9. The number of hydrogen-bond acceptors (Lipinski definition) is 7. The molecule has 30 heavy (non-hydrogen) atoms. The molecule has 0 spiro atoms. The summed E-state index contributed by atoms with van der Waals surface area (Å²) in [6, 6.07) is 12.1. The molecule has 1 fully saturated rings. The van der Waals surface area contributed by atoms with Gasteiger partial charge < -0.3 is 19.3 Å². The number of carboxylic acid groups (broad SMARTS) is 1. The van der Waals surface area contributed by atoms with Crippen LogP contribution in [0.15, 0.2) is 47.4 Å². The van der Waals surface area contributed by atoms with Gasteiger partial charge >= 0.3 is 5.97 Å². The summed E-state index contributed by atoms with van der Waals surface area (Å²) < 4.78 is 16.3. The molecule has 1 saturated heterocycles. The standard InChI is InChI=1S/C21H19NO6S2/c1-3-27-15-7-5-14(6-8-15)22-20(25)18(30-21(22)29)11-13-4-9-16(17(10-13)26-2)28-12-19(23)24/h4-11H,3,12H2,1-2H3,(H,23,24)/b18-11-. The van der Waals surface area contributed by atoms with Crippen LogP contribution in [0, 0.1) is 0 Å². The number of carboxylic acids is 1. The van der Waals surface area contributed by atoms with E-state index in [2.05, 4.69) is 0 Å². The van der Waals surface area contributed by atoms with Gasteiger partial charge in [-0.05, 0) is 55.0 Å². The molecular formula is C21H19NO6S2. The molecule has 0 saturated carbocycles. The molecule has 1 amide bonds. The number of amides is 1.